The number of alkyl halides is 3. The molecule has 3 aromatic carbocycles. The average molecular weight is 619 g/mol. The van der Waals surface area contributed by atoms with Crippen molar-refractivity contribution in [2.24, 2.45) is 5.92 Å². The third-order valence-electron chi connectivity index (χ3n) is 9.56. The second kappa shape index (κ2) is 12.6. The summed E-state index contributed by atoms with van der Waals surface area (Å²) in [4.78, 5) is 47.8. The molecule has 3 amide bonds. The Bertz CT molecular complexity index is 1520. The van der Waals surface area contributed by atoms with Crippen molar-refractivity contribution in [3.63, 3.8) is 0 Å². The molecule has 3 aromatic rings. The fraction of sp³-hybridized carbons (Fsp3) is 0.400. The number of benzene rings is 3. The second-order valence-electron chi connectivity index (χ2n) is 12.3. The van der Waals surface area contributed by atoms with Gasteiger partial charge in [-0.05, 0) is 73.9 Å². The molecule has 3 aliphatic heterocycles. The summed E-state index contributed by atoms with van der Waals surface area (Å²) in [6.07, 6.45) is -1.10. The van der Waals surface area contributed by atoms with E-state index in [4.69, 9.17) is 0 Å². The van der Waals surface area contributed by atoms with Crippen molar-refractivity contribution < 1.29 is 27.6 Å². The summed E-state index contributed by atoms with van der Waals surface area (Å²) in [5, 5.41) is 0. The van der Waals surface area contributed by atoms with Crippen LogP contribution in [-0.4, -0.2) is 77.4 Å². The SMILES string of the molecule is O=C(CN1CN(c2ccccc2)C2(CCN(C(=O)c3cccc(C(F)(F)F)c3)CC2)C1=O)N1CCC(Cc2ccccc2)CC1. The van der Waals surface area contributed by atoms with Crippen molar-refractivity contribution in [3.05, 3.63) is 102 Å². The Kier molecular flexibility index (Phi) is 8.57. The minimum Gasteiger partial charge on any atom is -0.341 e. The summed E-state index contributed by atoms with van der Waals surface area (Å²) >= 11 is 0. The molecule has 6 rings (SSSR count). The summed E-state index contributed by atoms with van der Waals surface area (Å²) in [6.45, 7) is 1.99. The Labute approximate surface area is 261 Å². The highest BCUT2D eigenvalue weighted by atomic mass is 19.4. The zero-order valence-electron chi connectivity index (χ0n) is 25.1. The molecule has 1 spiro atoms. The highest BCUT2D eigenvalue weighted by Gasteiger charge is 2.54. The summed E-state index contributed by atoms with van der Waals surface area (Å²) in [6, 6.07) is 24.4. The van der Waals surface area contributed by atoms with Crippen LogP contribution in [0, 0.1) is 5.92 Å². The molecule has 0 saturated carbocycles. The molecule has 3 heterocycles. The van der Waals surface area contributed by atoms with E-state index < -0.39 is 23.2 Å². The Morgan fingerprint density at radius 2 is 1.44 bits per heavy atom. The summed E-state index contributed by atoms with van der Waals surface area (Å²) in [5.74, 6) is -0.186. The quantitative estimate of drug-likeness (QED) is 0.368. The monoisotopic (exact) mass is 618 g/mol. The molecule has 0 aliphatic carbocycles. The number of piperidine rings is 2. The predicted octanol–water partition coefficient (Wildman–Crippen LogP) is 5.47. The van der Waals surface area contributed by atoms with E-state index in [0.717, 1.165) is 37.1 Å². The highest BCUT2D eigenvalue weighted by Crippen LogP contribution is 2.40. The van der Waals surface area contributed by atoms with Gasteiger partial charge in [-0.3, -0.25) is 14.4 Å². The largest absolute Gasteiger partial charge is 0.416 e. The van der Waals surface area contributed by atoms with E-state index in [1.54, 1.807) is 4.90 Å². The van der Waals surface area contributed by atoms with Crippen LogP contribution >= 0.6 is 0 Å². The van der Waals surface area contributed by atoms with Gasteiger partial charge >= 0.3 is 6.18 Å². The maximum absolute atomic E-state index is 14.1. The van der Waals surface area contributed by atoms with Gasteiger partial charge in [0.05, 0.1) is 12.2 Å². The normalized spacial score (nSPS) is 19.0. The molecule has 0 atom stereocenters. The zero-order chi connectivity index (χ0) is 31.6. The number of rotatable bonds is 6. The molecule has 3 aliphatic rings. The minimum absolute atomic E-state index is 0.0137. The molecule has 236 valence electrons. The Morgan fingerprint density at radius 3 is 2.09 bits per heavy atom. The van der Waals surface area contributed by atoms with Crippen LogP contribution < -0.4 is 4.90 Å². The van der Waals surface area contributed by atoms with Gasteiger partial charge in [-0.15, -0.1) is 0 Å². The van der Waals surface area contributed by atoms with E-state index in [-0.39, 0.29) is 43.7 Å². The van der Waals surface area contributed by atoms with Gasteiger partial charge in [-0.2, -0.15) is 13.2 Å². The first kappa shape index (κ1) is 30.7. The zero-order valence-corrected chi connectivity index (χ0v) is 25.1. The van der Waals surface area contributed by atoms with E-state index >= 15 is 0 Å². The van der Waals surface area contributed by atoms with Gasteiger partial charge in [0.2, 0.25) is 5.91 Å². The molecule has 3 saturated heterocycles. The van der Waals surface area contributed by atoms with Crippen molar-refractivity contribution in [3.8, 4) is 0 Å². The third kappa shape index (κ3) is 6.41. The smallest absolute Gasteiger partial charge is 0.341 e. The summed E-state index contributed by atoms with van der Waals surface area (Å²) in [7, 11) is 0. The van der Waals surface area contributed by atoms with Crippen molar-refractivity contribution in [2.75, 3.05) is 44.3 Å². The number of likely N-dealkylation sites (tertiary alicyclic amines) is 2. The van der Waals surface area contributed by atoms with Gasteiger partial charge < -0.3 is 19.6 Å². The molecule has 0 bridgehead atoms. The molecule has 0 aromatic heterocycles. The second-order valence-corrected chi connectivity index (χ2v) is 12.3. The van der Waals surface area contributed by atoms with Crippen molar-refractivity contribution >= 4 is 23.4 Å². The number of hydrogen-bond donors (Lipinski definition) is 0. The molecule has 10 heteroatoms. The molecule has 0 N–H and O–H groups in total. The number of amides is 3. The standard InChI is InChI=1S/C35H37F3N4O3/c36-35(37,38)29-11-7-10-28(23-29)32(44)40-20-16-34(17-21-40)33(45)41(25-42(34)30-12-5-2-6-13-30)24-31(43)39-18-14-27(15-19-39)22-26-8-3-1-4-9-26/h1-13,23,27H,14-22,24-25H2. The van der Waals surface area contributed by atoms with Gasteiger partial charge in [-0.1, -0.05) is 54.6 Å². The van der Waals surface area contributed by atoms with Crippen LogP contribution in [0.15, 0.2) is 84.9 Å². The number of hydrogen-bond acceptors (Lipinski definition) is 4. The van der Waals surface area contributed by atoms with E-state index in [0.29, 0.717) is 31.8 Å². The lowest BCUT2D eigenvalue weighted by atomic mass is 9.85. The van der Waals surface area contributed by atoms with Crippen LogP contribution in [0.2, 0.25) is 0 Å². The number of carbonyl (C=O) groups excluding carboxylic acids is 3. The lowest BCUT2D eigenvalue weighted by Gasteiger charge is -2.43. The maximum atomic E-state index is 14.1. The molecule has 45 heavy (non-hydrogen) atoms. The lowest BCUT2D eigenvalue weighted by Crippen LogP contribution is -2.57. The van der Waals surface area contributed by atoms with Gasteiger partial charge in [0.25, 0.3) is 11.8 Å². The minimum atomic E-state index is -4.55. The Hall–Kier alpha value is -4.34. The number of halogens is 3. The Morgan fingerprint density at radius 1 is 0.800 bits per heavy atom. The van der Waals surface area contributed by atoms with Crippen LogP contribution in [0.25, 0.3) is 0 Å². The van der Waals surface area contributed by atoms with Crippen LogP contribution in [-0.2, 0) is 22.2 Å². The molecular formula is C35H37F3N4O3. The first-order chi connectivity index (χ1) is 21.6. The third-order valence-corrected chi connectivity index (χ3v) is 9.56. The van der Waals surface area contributed by atoms with Gasteiger partial charge in [0.15, 0.2) is 0 Å². The molecule has 7 nitrogen and oxygen atoms in total. The van der Waals surface area contributed by atoms with Crippen LogP contribution in [0.3, 0.4) is 0 Å². The Balaban J connectivity index is 1.12. The molecule has 0 radical (unpaired) electrons. The van der Waals surface area contributed by atoms with Gasteiger partial charge in [-0.25, -0.2) is 0 Å². The van der Waals surface area contributed by atoms with E-state index in [2.05, 4.69) is 12.1 Å². The molecule has 0 unspecified atom stereocenters. The summed E-state index contributed by atoms with van der Waals surface area (Å²) in [5.41, 5.74) is 0.301. The molecule has 3 fully saturated rings. The van der Waals surface area contributed by atoms with Crippen molar-refractivity contribution in [2.45, 2.75) is 43.8 Å². The van der Waals surface area contributed by atoms with Crippen LogP contribution in [0.1, 0.15) is 47.2 Å². The lowest BCUT2D eigenvalue weighted by molar-refractivity contribution is -0.141. The van der Waals surface area contributed by atoms with Crippen LogP contribution in [0.5, 0.6) is 0 Å². The summed E-state index contributed by atoms with van der Waals surface area (Å²) < 4.78 is 39.8. The van der Waals surface area contributed by atoms with Crippen molar-refractivity contribution in [1.82, 2.24) is 14.7 Å². The fourth-order valence-electron chi connectivity index (χ4n) is 7.01. The number of carbonyl (C=O) groups is 3. The fourth-order valence-corrected chi connectivity index (χ4v) is 7.01. The van der Waals surface area contributed by atoms with Gasteiger partial charge in [0, 0.05) is 37.4 Å². The predicted molar refractivity (Wildman–Crippen MR) is 164 cm³/mol. The first-order valence-electron chi connectivity index (χ1n) is 15.5. The van der Waals surface area contributed by atoms with Gasteiger partial charge in [0.1, 0.15) is 12.1 Å². The number of nitrogens with zero attached hydrogens (tertiary/aromatic N) is 4. The number of anilines is 1. The van der Waals surface area contributed by atoms with Crippen molar-refractivity contribution in [1.29, 1.82) is 0 Å². The maximum Gasteiger partial charge on any atom is 0.416 e. The van der Waals surface area contributed by atoms with E-state index in [1.165, 1.54) is 22.6 Å². The highest BCUT2D eigenvalue weighted by molar-refractivity contribution is 5.97. The topological polar surface area (TPSA) is 64.2 Å². The van der Waals surface area contributed by atoms with Crippen LogP contribution in [0.4, 0.5) is 18.9 Å². The first-order valence-corrected chi connectivity index (χ1v) is 15.5. The van der Waals surface area contributed by atoms with E-state index in [9.17, 15) is 27.6 Å². The number of para-hydroxylation sites is 1. The average Bonchev–Trinajstić information content (AvgIpc) is 3.31. The van der Waals surface area contributed by atoms with E-state index in [1.807, 2.05) is 58.3 Å². The molecular weight excluding hydrogens is 581 g/mol.